The van der Waals surface area contributed by atoms with E-state index in [0.717, 1.165) is 48.2 Å². The van der Waals surface area contributed by atoms with E-state index in [1.54, 1.807) is 24.2 Å². The van der Waals surface area contributed by atoms with Crippen LogP contribution in [0.5, 0.6) is 0 Å². The molecular weight excluding hydrogens is 370 g/mol. The Morgan fingerprint density at radius 1 is 1.21 bits per heavy atom. The van der Waals surface area contributed by atoms with E-state index in [0.29, 0.717) is 5.75 Å². The van der Waals surface area contributed by atoms with E-state index >= 15 is 0 Å². The Balaban J connectivity index is 1.47. The summed E-state index contributed by atoms with van der Waals surface area (Å²) < 4.78 is 2.07. The SMILES string of the molecule is CCc1ccc2c(c1)CCN2C(O)CSc1nnc(-c2cccnc2)n1CC. The highest BCUT2D eigenvalue weighted by molar-refractivity contribution is 7.99. The van der Waals surface area contributed by atoms with Gasteiger partial charge in [-0.15, -0.1) is 10.2 Å². The lowest BCUT2D eigenvalue weighted by Crippen LogP contribution is -2.35. The predicted molar refractivity (Wildman–Crippen MR) is 113 cm³/mol. The predicted octanol–water partition coefficient (Wildman–Crippen LogP) is 3.40. The average molecular weight is 396 g/mol. The minimum absolute atomic E-state index is 0.542. The van der Waals surface area contributed by atoms with Crippen molar-refractivity contribution in [3.8, 4) is 11.4 Å². The first-order chi connectivity index (χ1) is 13.7. The van der Waals surface area contributed by atoms with Gasteiger partial charge in [-0.05, 0) is 49.1 Å². The van der Waals surface area contributed by atoms with Gasteiger partial charge in [0.2, 0.25) is 0 Å². The van der Waals surface area contributed by atoms with E-state index in [4.69, 9.17) is 0 Å². The van der Waals surface area contributed by atoms with Gasteiger partial charge in [-0.2, -0.15) is 0 Å². The number of fused-ring (bicyclic) bond motifs is 1. The quantitative estimate of drug-likeness (QED) is 0.619. The molecule has 1 atom stereocenters. The highest BCUT2D eigenvalue weighted by atomic mass is 32.2. The van der Waals surface area contributed by atoms with Gasteiger partial charge in [-0.25, -0.2) is 0 Å². The summed E-state index contributed by atoms with van der Waals surface area (Å²) in [7, 11) is 0. The minimum atomic E-state index is -0.553. The Bertz CT molecular complexity index is 943. The van der Waals surface area contributed by atoms with Crippen molar-refractivity contribution in [1.82, 2.24) is 19.7 Å². The summed E-state index contributed by atoms with van der Waals surface area (Å²) >= 11 is 1.54. The first kappa shape index (κ1) is 19.0. The molecule has 28 heavy (non-hydrogen) atoms. The molecule has 1 N–H and O–H groups in total. The van der Waals surface area contributed by atoms with Crippen LogP contribution in [0.4, 0.5) is 5.69 Å². The van der Waals surface area contributed by atoms with Gasteiger partial charge in [-0.3, -0.25) is 4.98 Å². The normalized spacial score (nSPS) is 14.3. The molecule has 0 aliphatic carbocycles. The molecule has 4 rings (SSSR count). The van der Waals surface area contributed by atoms with Crippen LogP contribution in [0.1, 0.15) is 25.0 Å². The molecule has 0 saturated heterocycles. The number of hydrogen-bond donors (Lipinski definition) is 1. The molecule has 0 spiro atoms. The summed E-state index contributed by atoms with van der Waals surface area (Å²) in [6.45, 7) is 5.86. The first-order valence-corrected chi connectivity index (χ1v) is 10.7. The van der Waals surface area contributed by atoms with Gasteiger partial charge in [0.1, 0.15) is 6.23 Å². The van der Waals surface area contributed by atoms with Crippen molar-refractivity contribution in [3.63, 3.8) is 0 Å². The summed E-state index contributed by atoms with van der Waals surface area (Å²) in [4.78, 5) is 6.26. The maximum Gasteiger partial charge on any atom is 0.191 e. The number of anilines is 1. The molecule has 1 unspecified atom stereocenters. The van der Waals surface area contributed by atoms with Crippen LogP contribution >= 0.6 is 11.8 Å². The van der Waals surface area contributed by atoms with Crippen LogP contribution in [0.15, 0.2) is 47.9 Å². The third-order valence-corrected chi connectivity index (χ3v) is 6.18. The number of aliphatic hydroxyl groups excluding tert-OH is 1. The van der Waals surface area contributed by atoms with Crippen LogP contribution < -0.4 is 4.90 Å². The Hall–Kier alpha value is -2.38. The summed E-state index contributed by atoms with van der Waals surface area (Å²) in [6, 6.07) is 10.5. The zero-order chi connectivity index (χ0) is 19.5. The Kier molecular flexibility index (Phi) is 5.64. The van der Waals surface area contributed by atoms with Crippen LogP contribution in [0.25, 0.3) is 11.4 Å². The fourth-order valence-corrected chi connectivity index (χ4v) is 4.59. The van der Waals surface area contributed by atoms with E-state index in [1.807, 2.05) is 12.1 Å². The Morgan fingerprint density at radius 3 is 2.86 bits per heavy atom. The van der Waals surface area contributed by atoms with E-state index in [9.17, 15) is 5.11 Å². The number of thioether (sulfide) groups is 1. The second-order valence-electron chi connectivity index (χ2n) is 6.84. The average Bonchev–Trinajstić information content (AvgIpc) is 3.35. The van der Waals surface area contributed by atoms with Crippen molar-refractivity contribution in [2.75, 3.05) is 17.2 Å². The second kappa shape index (κ2) is 8.32. The van der Waals surface area contributed by atoms with E-state index in [-0.39, 0.29) is 0 Å². The molecular formula is C21H25N5OS. The van der Waals surface area contributed by atoms with E-state index in [2.05, 4.69) is 56.7 Å². The molecule has 0 saturated carbocycles. The first-order valence-electron chi connectivity index (χ1n) is 9.74. The number of pyridine rings is 1. The minimum Gasteiger partial charge on any atom is -0.373 e. The number of rotatable bonds is 7. The maximum absolute atomic E-state index is 10.8. The zero-order valence-corrected chi connectivity index (χ0v) is 17.1. The molecule has 146 valence electrons. The van der Waals surface area contributed by atoms with E-state index < -0.39 is 6.23 Å². The van der Waals surface area contributed by atoms with Crippen molar-refractivity contribution < 1.29 is 5.11 Å². The smallest absolute Gasteiger partial charge is 0.191 e. The van der Waals surface area contributed by atoms with Crippen LogP contribution in [-0.4, -0.2) is 43.4 Å². The molecule has 3 heterocycles. The van der Waals surface area contributed by atoms with Gasteiger partial charge in [0.05, 0.1) is 0 Å². The summed E-state index contributed by atoms with van der Waals surface area (Å²) in [5, 5.41) is 20.3. The van der Waals surface area contributed by atoms with Gasteiger partial charge in [-0.1, -0.05) is 30.8 Å². The summed E-state index contributed by atoms with van der Waals surface area (Å²) in [6.07, 6.45) is 5.02. The molecule has 0 fully saturated rings. The van der Waals surface area contributed by atoms with Gasteiger partial charge < -0.3 is 14.6 Å². The van der Waals surface area contributed by atoms with Crippen LogP contribution in [0.3, 0.4) is 0 Å². The molecule has 0 amide bonds. The molecule has 6 nitrogen and oxygen atoms in total. The van der Waals surface area contributed by atoms with Gasteiger partial charge in [0, 0.05) is 42.5 Å². The topological polar surface area (TPSA) is 67.1 Å². The standard InChI is InChI=1S/C21H25N5OS/c1-3-15-7-8-18-16(12-15)9-11-26(18)19(27)14-28-21-24-23-20(25(21)4-2)17-6-5-10-22-13-17/h5-8,10,12-13,19,27H,3-4,9,11,14H2,1-2H3. The molecule has 0 bridgehead atoms. The maximum atomic E-state index is 10.8. The molecule has 2 aromatic heterocycles. The van der Waals surface area contributed by atoms with Gasteiger partial charge >= 0.3 is 0 Å². The molecule has 0 radical (unpaired) electrons. The zero-order valence-electron chi connectivity index (χ0n) is 16.2. The van der Waals surface area contributed by atoms with Crippen LogP contribution in [0.2, 0.25) is 0 Å². The highest BCUT2D eigenvalue weighted by Gasteiger charge is 2.25. The number of aryl methyl sites for hydroxylation is 1. The Labute approximate surface area is 169 Å². The molecule has 1 aliphatic rings. The number of benzene rings is 1. The monoisotopic (exact) mass is 395 g/mol. The number of aliphatic hydroxyl groups is 1. The third-order valence-electron chi connectivity index (χ3n) is 5.16. The lowest BCUT2D eigenvalue weighted by Gasteiger charge is -2.25. The fraction of sp³-hybridized carbons (Fsp3) is 0.381. The Morgan fingerprint density at radius 2 is 2.11 bits per heavy atom. The van der Waals surface area contributed by atoms with Gasteiger partial charge in [0.25, 0.3) is 0 Å². The molecule has 7 heteroatoms. The van der Waals surface area contributed by atoms with Gasteiger partial charge in [0.15, 0.2) is 11.0 Å². The molecule has 1 aromatic carbocycles. The lowest BCUT2D eigenvalue weighted by atomic mass is 10.1. The van der Waals surface area contributed by atoms with Crippen LogP contribution in [0, 0.1) is 0 Å². The summed E-state index contributed by atoms with van der Waals surface area (Å²) in [5.74, 6) is 1.35. The lowest BCUT2D eigenvalue weighted by molar-refractivity contribution is 0.195. The fourth-order valence-electron chi connectivity index (χ4n) is 3.64. The molecule has 1 aliphatic heterocycles. The number of aromatic nitrogens is 4. The van der Waals surface area contributed by atoms with Crippen molar-refractivity contribution in [2.45, 2.75) is 44.6 Å². The largest absolute Gasteiger partial charge is 0.373 e. The van der Waals surface area contributed by atoms with Crippen LogP contribution in [-0.2, 0) is 19.4 Å². The second-order valence-corrected chi connectivity index (χ2v) is 7.83. The van der Waals surface area contributed by atoms with Crippen molar-refractivity contribution in [3.05, 3.63) is 53.9 Å². The number of nitrogens with zero attached hydrogens (tertiary/aromatic N) is 5. The summed E-state index contributed by atoms with van der Waals surface area (Å²) in [5.41, 5.74) is 4.78. The number of hydrogen-bond acceptors (Lipinski definition) is 6. The highest BCUT2D eigenvalue weighted by Crippen LogP contribution is 2.32. The van der Waals surface area contributed by atoms with Crippen molar-refractivity contribution in [2.24, 2.45) is 0 Å². The van der Waals surface area contributed by atoms with Crippen molar-refractivity contribution in [1.29, 1.82) is 0 Å². The molecule has 3 aromatic rings. The van der Waals surface area contributed by atoms with Crippen molar-refractivity contribution >= 4 is 17.4 Å². The third kappa shape index (κ3) is 3.64. The van der Waals surface area contributed by atoms with E-state index in [1.165, 1.54) is 11.1 Å².